The third-order valence-electron chi connectivity index (χ3n) is 3.46. The van der Waals surface area contributed by atoms with Gasteiger partial charge in [-0.2, -0.15) is 0 Å². The first-order valence-electron chi connectivity index (χ1n) is 6.79. The van der Waals surface area contributed by atoms with Crippen LogP contribution in [0.4, 0.5) is 5.69 Å². The highest BCUT2D eigenvalue weighted by atomic mass is 32.2. The molecule has 114 valence electrons. The van der Waals surface area contributed by atoms with Crippen molar-refractivity contribution in [2.24, 2.45) is 0 Å². The third kappa shape index (κ3) is 2.86. The first-order valence-corrected chi connectivity index (χ1v) is 8.66. The number of hydrogen-bond donors (Lipinski definition) is 0. The van der Waals surface area contributed by atoms with E-state index in [-0.39, 0.29) is 17.0 Å². The zero-order valence-electron chi connectivity index (χ0n) is 11.9. The van der Waals surface area contributed by atoms with Crippen LogP contribution in [0.1, 0.15) is 25.5 Å². The number of nitrogens with zero attached hydrogens (tertiary/aromatic N) is 2. The average Bonchev–Trinajstić information content (AvgIpc) is 3.15. The second-order valence-corrected chi connectivity index (χ2v) is 7.49. The van der Waals surface area contributed by atoms with Gasteiger partial charge in [0, 0.05) is 39.7 Å². The van der Waals surface area contributed by atoms with E-state index in [4.69, 9.17) is 0 Å². The average molecular weight is 334 g/mol. The van der Waals surface area contributed by atoms with Crippen LogP contribution in [-0.2, 0) is 0 Å². The largest absolute Gasteiger partial charge is 0.321 e. The SMILES string of the molecule is Cc1ccc([C@@H]2SCCN2C(=O)c2cccc([N+](=O)[O-])c2)s1. The van der Waals surface area contributed by atoms with Crippen LogP contribution in [0.25, 0.3) is 0 Å². The minimum absolute atomic E-state index is 0.00506. The Labute approximate surface area is 136 Å². The molecule has 5 nitrogen and oxygen atoms in total. The first kappa shape index (κ1) is 15.1. The summed E-state index contributed by atoms with van der Waals surface area (Å²) in [5, 5.41) is 10.9. The van der Waals surface area contributed by atoms with Crippen molar-refractivity contribution >= 4 is 34.7 Å². The summed E-state index contributed by atoms with van der Waals surface area (Å²) < 4.78 is 0. The van der Waals surface area contributed by atoms with E-state index in [0.29, 0.717) is 12.1 Å². The van der Waals surface area contributed by atoms with E-state index < -0.39 is 4.92 Å². The van der Waals surface area contributed by atoms with Crippen LogP contribution in [0, 0.1) is 17.0 Å². The van der Waals surface area contributed by atoms with Crippen LogP contribution < -0.4 is 0 Å². The Morgan fingerprint density at radius 1 is 1.36 bits per heavy atom. The van der Waals surface area contributed by atoms with Gasteiger partial charge in [0.1, 0.15) is 5.37 Å². The van der Waals surface area contributed by atoms with Gasteiger partial charge in [-0.05, 0) is 25.1 Å². The number of aryl methyl sites for hydroxylation is 1. The molecule has 0 radical (unpaired) electrons. The molecule has 0 N–H and O–H groups in total. The standard InChI is InChI=1S/C15H14N2O3S2/c1-10-5-6-13(22-10)15-16(7-8-21-15)14(18)11-3-2-4-12(9-11)17(19)20/h2-6,9,15H,7-8H2,1H3/t15-/m0/s1. The molecule has 1 aromatic heterocycles. The molecule has 0 unspecified atom stereocenters. The van der Waals surface area contributed by atoms with Gasteiger partial charge < -0.3 is 4.90 Å². The van der Waals surface area contributed by atoms with Gasteiger partial charge in [0.2, 0.25) is 0 Å². The molecule has 2 heterocycles. The summed E-state index contributed by atoms with van der Waals surface area (Å²) in [5.74, 6) is 0.729. The van der Waals surface area contributed by atoms with Crippen LogP contribution in [0.2, 0.25) is 0 Å². The summed E-state index contributed by atoms with van der Waals surface area (Å²) >= 11 is 3.42. The van der Waals surface area contributed by atoms with Gasteiger partial charge in [-0.3, -0.25) is 14.9 Å². The summed E-state index contributed by atoms with van der Waals surface area (Å²) in [6.45, 7) is 2.70. The Balaban J connectivity index is 1.87. The zero-order chi connectivity index (χ0) is 15.7. The predicted molar refractivity (Wildman–Crippen MR) is 88.4 cm³/mol. The minimum atomic E-state index is -0.477. The van der Waals surface area contributed by atoms with Crippen molar-refractivity contribution in [3.63, 3.8) is 0 Å². The fourth-order valence-electron chi connectivity index (χ4n) is 2.42. The van der Waals surface area contributed by atoms with Gasteiger partial charge in [0.25, 0.3) is 11.6 Å². The fourth-order valence-corrected chi connectivity index (χ4v) is 4.79. The van der Waals surface area contributed by atoms with E-state index in [1.54, 1.807) is 40.1 Å². The van der Waals surface area contributed by atoms with Crippen LogP contribution in [0.5, 0.6) is 0 Å². The lowest BCUT2D eigenvalue weighted by Crippen LogP contribution is -2.30. The fraction of sp³-hybridized carbons (Fsp3) is 0.267. The number of carbonyl (C=O) groups excluding carboxylic acids is 1. The first-order chi connectivity index (χ1) is 10.6. The third-order valence-corrected chi connectivity index (χ3v) is 5.91. The number of thioether (sulfide) groups is 1. The summed E-state index contributed by atoms with van der Waals surface area (Å²) in [7, 11) is 0. The Kier molecular flexibility index (Phi) is 4.17. The van der Waals surface area contributed by atoms with Gasteiger partial charge in [-0.1, -0.05) is 6.07 Å². The van der Waals surface area contributed by atoms with Crippen molar-refractivity contribution in [2.75, 3.05) is 12.3 Å². The Morgan fingerprint density at radius 2 is 2.18 bits per heavy atom. The molecule has 0 spiro atoms. The highest BCUT2D eigenvalue weighted by Crippen LogP contribution is 2.41. The molecule has 0 aliphatic carbocycles. The van der Waals surface area contributed by atoms with Gasteiger partial charge in [-0.15, -0.1) is 23.1 Å². The van der Waals surface area contributed by atoms with Crippen LogP contribution in [0.3, 0.4) is 0 Å². The van der Waals surface area contributed by atoms with Gasteiger partial charge >= 0.3 is 0 Å². The Bertz CT molecular complexity index is 729. The van der Waals surface area contributed by atoms with Gasteiger partial charge in [-0.25, -0.2) is 0 Å². The Morgan fingerprint density at radius 3 is 2.86 bits per heavy atom. The molecule has 22 heavy (non-hydrogen) atoms. The minimum Gasteiger partial charge on any atom is -0.321 e. The van der Waals surface area contributed by atoms with Crippen molar-refractivity contribution in [3.8, 4) is 0 Å². The number of non-ortho nitro benzene ring substituents is 1. The predicted octanol–water partition coefficient (Wildman–Crippen LogP) is 3.85. The lowest BCUT2D eigenvalue weighted by molar-refractivity contribution is -0.384. The second kappa shape index (κ2) is 6.10. The van der Waals surface area contributed by atoms with E-state index in [0.717, 1.165) is 10.6 Å². The van der Waals surface area contributed by atoms with E-state index in [1.165, 1.54) is 17.0 Å². The normalized spacial score (nSPS) is 17.7. The molecular weight excluding hydrogens is 320 g/mol. The molecular formula is C15H14N2O3S2. The molecule has 1 aromatic carbocycles. The molecule has 1 aliphatic rings. The molecule has 1 amide bonds. The summed E-state index contributed by atoms with van der Waals surface area (Å²) in [5.41, 5.74) is 0.316. The van der Waals surface area contributed by atoms with E-state index in [9.17, 15) is 14.9 Å². The molecule has 1 aliphatic heterocycles. The number of nitro benzene ring substituents is 1. The number of thiophene rings is 1. The van der Waals surface area contributed by atoms with Crippen molar-refractivity contribution < 1.29 is 9.72 Å². The summed E-state index contributed by atoms with van der Waals surface area (Å²) in [4.78, 5) is 27.3. The lowest BCUT2D eigenvalue weighted by atomic mass is 10.1. The number of amides is 1. The maximum atomic E-state index is 12.7. The molecule has 7 heteroatoms. The zero-order valence-corrected chi connectivity index (χ0v) is 13.5. The van der Waals surface area contributed by atoms with Crippen LogP contribution in [0.15, 0.2) is 36.4 Å². The maximum Gasteiger partial charge on any atom is 0.270 e. The van der Waals surface area contributed by atoms with E-state index in [2.05, 4.69) is 12.1 Å². The number of benzene rings is 1. The number of rotatable bonds is 3. The van der Waals surface area contributed by atoms with E-state index >= 15 is 0 Å². The molecule has 3 rings (SSSR count). The highest BCUT2D eigenvalue weighted by Gasteiger charge is 2.32. The molecule has 1 saturated heterocycles. The van der Waals surface area contributed by atoms with Gasteiger partial charge in [0.05, 0.1) is 4.92 Å². The van der Waals surface area contributed by atoms with E-state index in [1.807, 2.05) is 6.92 Å². The van der Waals surface area contributed by atoms with Crippen LogP contribution in [-0.4, -0.2) is 28.0 Å². The van der Waals surface area contributed by atoms with Gasteiger partial charge in [0.15, 0.2) is 0 Å². The molecule has 0 saturated carbocycles. The van der Waals surface area contributed by atoms with Crippen molar-refractivity contribution in [1.82, 2.24) is 4.90 Å². The smallest absolute Gasteiger partial charge is 0.270 e. The Hall–Kier alpha value is -1.86. The number of nitro groups is 1. The topological polar surface area (TPSA) is 63.5 Å². The molecule has 1 fully saturated rings. The van der Waals surface area contributed by atoms with Crippen molar-refractivity contribution in [2.45, 2.75) is 12.3 Å². The number of hydrogen-bond acceptors (Lipinski definition) is 5. The number of carbonyl (C=O) groups is 1. The lowest BCUT2D eigenvalue weighted by Gasteiger charge is -2.23. The highest BCUT2D eigenvalue weighted by molar-refractivity contribution is 7.99. The van der Waals surface area contributed by atoms with Crippen LogP contribution >= 0.6 is 23.1 Å². The summed E-state index contributed by atoms with van der Waals surface area (Å²) in [6.07, 6.45) is 0. The second-order valence-electron chi connectivity index (χ2n) is 4.98. The molecule has 0 bridgehead atoms. The quantitative estimate of drug-likeness (QED) is 0.632. The molecule has 2 aromatic rings. The van der Waals surface area contributed by atoms with Crippen molar-refractivity contribution in [1.29, 1.82) is 0 Å². The summed E-state index contributed by atoms with van der Waals surface area (Å²) in [6, 6.07) is 10.0. The van der Waals surface area contributed by atoms with Crippen molar-refractivity contribution in [3.05, 3.63) is 61.8 Å². The molecule has 1 atom stereocenters. The maximum absolute atomic E-state index is 12.7. The monoisotopic (exact) mass is 334 g/mol.